The first-order valence-electron chi connectivity index (χ1n) is 9.15. The minimum absolute atomic E-state index is 0.206. The molecule has 3 atom stereocenters. The van der Waals surface area contributed by atoms with Gasteiger partial charge in [-0.1, -0.05) is 23.7 Å². The predicted molar refractivity (Wildman–Crippen MR) is 105 cm³/mol. The van der Waals surface area contributed by atoms with Gasteiger partial charge in [-0.15, -0.1) is 0 Å². The molecule has 0 aromatic heterocycles. The van der Waals surface area contributed by atoms with Gasteiger partial charge in [-0.25, -0.2) is 5.06 Å². The van der Waals surface area contributed by atoms with Crippen molar-refractivity contribution in [2.45, 2.75) is 32.0 Å². The number of carbonyl (C=O) groups excluding carboxylic acids is 2. The summed E-state index contributed by atoms with van der Waals surface area (Å²) in [7, 11) is 1.60. The first-order valence-corrected chi connectivity index (χ1v) is 9.52. The van der Waals surface area contributed by atoms with Gasteiger partial charge in [-0.3, -0.25) is 19.3 Å². The van der Waals surface area contributed by atoms with Crippen molar-refractivity contribution in [3.63, 3.8) is 0 Å². The van der Waals surface area contributed by atoms with Crippen molar-refractivity contribution in [3.8, 4) is 5.75 Å². The highest BCUT2D eigenvalue weighted by Gasteiger charge is 2.60. The summed E-state index contributed by atoms with van der Waals surface area (Å²) < 4.78 is 5.24. The first kappa shape index (κ1) is 18.8. The smallest absolute Gasteiger partial charge is 0.262 e. The largest absolute Gasteiger partial charge is 0.497 e. The fraction of sp³-hybridized carbons (Fsp3) is 0.333. The third kappa shape index (κ3) is 2.93. The van der Waals surface area contributed by atoms with Crippen LogP contribution in [0, 0.1) is 5.92 Å². The number of nitrogens with zero attached hydrogens (tertiary/aromatic N) is 2. The van der Waals surface area contributed by atoms with Crippen LogP contribution < -0.4 is 9.80 Å². The van der Waals surface area contributed by atoms with Crippen LogP contribution in [-0.4, -0.2) is 36.0 Å². The number of methoxy groups -OCH3 is 1. The Morgan fingerprint density at radius 3 is 2.21 bits per heavy atom. The van der Waals surface area contributed by atoms with E-state index in [0.29, 0.717) is 5.02 Å². The second kappa shape index (κ2) is 7.11. The van der Waals surface area contributed by atoms with E-state index < -0.39 is 18.1 Å². The number of carbonyl (C=O) groups is 2. The Morgan fingerprint density at radius 1 is 1.00 bits per heavy atom. The van der Waals surface area contributed by atoms with E-state index >= 15 is 0 Å². The maximum absolute atomic E-state index is 13.1. The highest BCUT2D eigenvalue weighted by atomic mass is 35.5. The Kier molecular flexibility index (Phi) is 4.77. The molecule has 146 valence electrons. The maximum atomic E-state index is 13.1. The predicted octanol–water partition coefficient (Wildman–Crippen LogP) is 3.60. The lowest BCUT2D eigenvalue weighted by Gasteiger charge is -2.29. The number of hydroxylamine groups is 1. The molecule has 0 N–H and O–H groups in total. The van der Waals surface area contributed by atoms with Crippen molar-refractivity contribution < 1.29 is 19.2 Å². The molecule has 0 saturated carbocycles. The lowest BCUT2D eigenvalue weighted by molar-refractivity contribution is -0.145. The number of anilines is 1. The van der Waals surface area contributed by atoms with E-state index in [0.717, 1.165) is 17.0 Å². The van der Waals surface area contributed by atoms with Crippen molar-refractivity contribution in [1.82, 2.24) is 4.90 Å². The topological polar surface area (TPSA) is 59.1 Å². The standard InChI is InChI=1S/C21H21ClN2O4/c1-12(2)23-20(25)17-18(13-4-10-16(27-3)11-5-13)24(28-19(17)21(23)26)15-8-6-14(22)7-9-15/h4-12,17-19H,1-3H3. The van der Waals surface area contributed by atoms with Crippen LogP contribution in [0.25, 0.3) is 0 Å². The number of likely N-dealkylation sites (tertiary alicyclic amines) is 1. The summed E-state index contributed by atoms with van der Waals surface area (Å²) in [6.45, 7) is 3.66. The Morgan fingerprint density at radius 2 is 1.64 bits per heavy atom. The molecule has 3 unspecified atom stereocenters. The Balaban J connectivity index is 1.78. The summed E-state index contributed by atoms with van der Waals surface area (Å²) in [4.78, 5) is 33.3. The minimum Gasteiger partial charge on any atom is -0.497 e. The van der Waals surface area contributed by atoms with Gasteiger partial charge < -0.3 is 4.74 Å². The molecule has 2 aliphatic rings. The van der Waals surface area contributed by atoms with Gasteiger partial charge in [0.1, 0.15) is 11.7 Å². The fourth-order valence-corrected chi connectivity index (χ4v) is 4.02. The molecule has 0 radical (unpaired) electrons. The van der Waals surface area contributed by atoms with Crippen LogP contribution in [0.4, 0.5) is 5.69 Å². The van der Waals surface area contributed by atoms with Gasteiger partial charge in [-0.05, 0) is 55.8 Å². The normalized spacial score (nSPS) is 24.2. The van der Waals surface area contributed by atoms with Gasteiger partial charge in [0.05, 0.1) is 18.8 Å². The summed E-state index contributed by atoms with van der Waals surface area (Å²) >= 11 is 6.01. The zero-order valence-corrected chi connectivity index (χ0v) is 16.6. The number of halogens is 1. The Hall–Kier alpha value is -2.57. The second-order valence-electron chi connectivity index (χ2n) is 7.21. The molecule has 6 nitrogen and oxygen atoms in total. The molecule has 2 aromatic rings. The molecule has 28 heavy (non-hydrogen) atoms. The van der Waals surface area contributed by atoms with E-state index in [2.05, 4.69) is 0 Å². The van der Waals surface area contributed by atoms with Gasteiger partial charge >= 0.3 is 0 Å². The van der Waals surface area contributed by atoms with Crippen LogP contribution in [0.15, 0.2) is 48.5 Å². The maximum Gasteiger partial charge on any atom is 0.262 e. The highest BCUT2D eigenvalue weighted by molar-refractivity contribution is 6.30. The van der Waals surface area contributed by atoms with Crippen LogP contribution in [0.3, 0.4) is 0 Å². The summed E-state index contributed by atoms with van der Waals surface area (Å²) in [5.41, 5.74) is 1.60. The van der Waals surface area contributed by atoms with Crippen LogP contribution in [0.1, 0.15) is 25.5 Å². The second-order valence-corrected chi connectivity index (χ2v) is 7.65. The molecule has 2 amide bonds. The zero-order chi connectivity index (χ0) is 20.0. The van der Waals surface area contributed by atoms with E-state index in [-0.39, 0.29) is 17.9 Å². The first-order chi connectivity index (χ1) is 13.4. The van der Waals surface area contributed by atoms with Crippen molar-refractivity contribution >= 4 is 29.1 Å². The van der Waals surface area contributed by atoms with E-state index in [9.17, 15) is 9.59 Å². The van der Waals surface area contributed by atoms with E-state index in [1.165, 1.54) is 4.90 Å². The van der Waals surface area contributed by atoms with Gasteiger partial charge in [0.15, 0.2) is 6.10 Å². The molecule has 0 aliphatic carbocycles. The lowest BCUT2D eigenvalue weighted by atomic mass is 9.90. The Labute approximate surface area is 168 Å². The Bertz CT molecular complexity index is 898. The monoisotopic (exact) mass is 400 g/mol. The summed E-state index contributed by atoms with van der Waals surface area (Å²) in [6, 6.07) is 14.0. The van der Waals surface area contributed by atoms with Gasteiger partial charge in [-0.2, -0.15) is 0 Å². The van der Waals surface area contributed by atoms with Gasteiger partial charge in [0.25, 0.3) is 5.91 Å². The summed E-state index contributed by atoms with van der Waals surface area (Å²) in [5, 5.41) is 2.25. The molecule has 2 saturated heterocycles. The number of benzene rings is 2. The summed E-state index contributed by atoms with van der Waals surface area (Å²) in [5.74, 6) is -0.392. The SMILES string of the molecule is COc1ccc(C2C3C(=O)N(C(C)C)C(=O)C3ON2c2ccc(Cl)cc2)cc1. The fourth-order valence-electron chi connectivity index (χ4n) is 3.90. The molecule has 2 aliphatic heterocycles. The number of ether oxygens (including phenoxy) is 1. The third-order valence-corrected chi connectivity index (χ3v) is 5.46. The van der Waals surface area contributed by atoms with Crippen molar-refractivity contribution in [2.75, 3.05) is 12.2 Å². The molecule has 0 spiro atoms. The zero-order valence-electron chi connectivity index (χ0n) is 15.8. The van der Waals surface area contributed by atoms with Crippen LogP contribution >= 0.6 is 11.6 Å². The molecule has 7 heteroatoms. The minimum atomic E-state index is -0.835. The third-order valence-electron chi connectivity index (χ3n) is 5.20. The number of fused-ring (bicyclic) bond motifs is 1. The molecule has 2 fully saturated rings. The van der Waals surface area contributed by atoms with Gasteiger partial charge in [0, 0.05) is 11.1 Å². The average molecular weight is 401 g/mol. The van der Waals surface area contributed by atoms with E-state index in [4.69, 9.17) is 21.2 Å². The van der Waals surface area contributed by atoms with E-state index in [1.54, 1.807) is 24.3 Å². The summed E-state index contributed by atoms with van der Waals surface area (Å²) in [6.07, 6.45) is -0.835. The molecule has 4 rings (SSSR count). The number of rotatable bonds is 4. The van der Waals surface area contributed by atoms with Crippen molar-refractivity contribution in [3.05, 3.63) is 59.1 Å². The van der Waals surface area contributed by atoms with Crippen molar-refractivity contribution in [2.24, 2.45) is 5.92 Å². The lowest BCUT2D eigenvalue weighted by Crippen LogP contribution is -2.41. The van der Waals surface area contributed by atoms with Gasteiger partial charge in [0.2, 0.25) is 5.91 Å². The van der Waals surface area contributed by atoms with Crippen molar-refractivity contribution in [1.29, 1.82) is 0 Å². The molecule has 2 aromatic carbocycles. The molecular formula is C21H21ClN2O4. The molecule has 2 heterocycles. The molecular weight excluding hydrogens is 380 g/mol. The number of hydrogen-bond acceptors (Lipinski definition) is 5. The number of imide groups is 1. The van der Waals surface area contributed by atoms with E-state index in [1.807, 2.05) is 50.2 Å². The average Bonchev–Trinajstić information content (AvgIpc) is 3.19. The van der Waals surface area contributed by atoms with Crippen LogP contribution in [-0.2, 0) is 14.4 Å². The van der Waals surface area contributed by atoms with Crippen LogP contribution in [0.2, 0.25) is 5.02 Å². The highest BCUT2D eigenvalue weighted by Crippen LogP contribution is 2.47. The van der Waals surface area contributed by atoms with Crippen LogP contribution in [0.5, 0.6) is 5.75 Å². The number of hydrogen-bond donors (Lipinski definition) is 0. The quantitative estimate of drug-likeness (QED) is 0.734. The molecule has 0 bridgehead atoms. The number of amides is 2.